The molecule has 0 saturated carbocycles. The summed E-state index contributed by atoms with van der Waals surface area (Å²) in [5, 5.41) is 2.21. The van der Waals surface area contributed by atoms with Crippen LogP contribution < -0.4 is 52.2 Å². The summed E-state index contributed by atoms with van der Waals surface area (Å²) >= 11 is 0. The lowest BCUT2D eigenvalue weighted by Crippen LogP contribution is -2.64. The molecule has 129 heavy (non-hydrogen) atoms. The minimum atomic E-state index is -0.586. The summed E-state index contributed by atoms with van der Waals surface area (Å²) < 4.78 is 8.45. The lowest BCUT2D eigenvalue weighted by atomic mass is 9.30. The van der Waals surface area contributed by atoms with Gasteiger partial charge in [0.05, 0.1) is 22.5 Å². The molecule has 0 fully saturated rings. The van der Waals surface area contributed by atoms with E-state index in [2.05, 4.69) is 480 Å². The van der Waals surface area contributed by atoms with Crippen molar-refractivity contribution in [3.05, 3.63) is 427 Å². The Morgan fingerprint density at radius 2 is 0.628 bits per heavy atom. The number of para-hydroxylation sites is 3. The molecule has 0 saturated heterocycles. The van der Waals surface area contributed by atoms with Crippen LogP contribution in [0.4, 0.5) is 51.2 Å². The number of fused-ring (bicyclic) bond motifs is 20. The second-order valence-electron chi connectivity index (χ2n) is 40.6. The molecule has 618 valence electrons. The van der Waals surface area contributed by atoms with Crippen molar-refractivity contribution in [2.75, 3.05) is 14.7 Å². The van der Waals surface area contributed by atoms with Crippen molar-refractivity contribution in [2.45, 2.75) is 110 Å². The third-order valence-corrected chi connectivity index (χ3v) is 28.8. The standard InChI is InChI=1S/C123H99B2N3O/c1-119(2,3)84-64-81(65-85(69-84)120(4,5)6)82-66-109-114-110(67-82)127(116-95(76-39-18-13-19-40-76)70-86(121(7,8)9)71-96(116)77-41-20-14-21-42-77)108-75-111-105(74-104(108)124(114)102-57-34-36-59-106(102)126(109)88-47-26-17-27-48-88)125-103-58-35-37-60-107(103)128(117-97(78-43-22-15-23-44-78)72-87(122(10,11)12)73-98(117)79-45-24-16-25-46-79)118-90-62-61-80(63-83(90)68-112(129-111)115(118)125)89-52-38-53-94-93-51-30-33-56-101(93)123(113(89)94)99-54-31-28-49-91(99)92-50-29-32-55-100(92)123/h13-75H,1-12H3. The van der Waals surface area contributed by atoms with Crippen molar-refractivity contribution in [1.82, 2.24) is 0 Å². The summed E-state index contributed by atoms with van der Waals surface area (Å²) in [5.74, 6) is 1.65. The predicted molar refractivity (Wildman–Crippen MR) is 548 cm³/mol. The SMILES string of the molecule is CC(C)(C)c1cc(-c2cc3c4c(c2)N(c2c(-c5ccccc5)cc(C(C)(C)C)cc2-c2ccccc2)c2cc5c(cc2B4c2ccccc2N3c2ccccc2)B2c3ccccc3N(c3c(-c4ccccc4)cc(C(C)(C)C)cc3-c3ccccc3)c3c2c(cc2cc(-c4cccc6c4C4(c7ccccc7-c7ccccc74)c4ccccc4-6)ccc32)O5)cc(C(C)(C)C)c1. The lowest BCUT2D eigenvalue weighted by molar-refractivity contribution is 0.488. The van der Waals surface area contributed by atoms with Gasteiger partial charge in [-0.25, -0.2) is 0 Å². The molecule has 4 nitrogen and oxygen atoms in total. The normalized spacial score (nSPS) is 13.9. The molecule has 0 unspecified atom stereocenters. The van der Waals surface area contributed by atoms with Gasteiger partial charge in [-0.2, -0.15) is 0 Å². The zero-order chi connectivity index (χ0) is 87.5. The molecule has 0 atom stereocenters. The van der Waals surface area contributed by atoms with Crippen molar-refractivity contribution in [1.29, 1.82) is 0 Å². The Balaban J connectivity index is 0.831. The van der Waals surface area contributed by atoms with Gasteiger partial charge in [-0.1, -0.05) is 386 Å². The molecule has 4 heterocycles. The van der Waals surface area contributed by atoms with Crippen LogP contribution in [0.2, 0.25) is 0 Å². The molecular formula is C123H99B2N3O. The smallest absolute Gasteiger partial charge is 0.256 e. The van der Waals surface area contributed by atoms with Crippen molar-refractivity contribution in [3.63, 3.8) is 0 Å². The van der Waals surface area contributed by atoms with E-state index in [1.165, 1.54) is 99.7 Å². The maximum Gasteiger partial charge on any atom is 0.256 e. The first-order valence-corrected chi connectivity index (χ1v) is 46.0. The van der Waals surface area contributed by atoms with Gasteiger partial charge in [-0.3, -0.25) is 0 Å². The zero-order valence-corrected chi connectivity index (χ0v) is 75.3. The third kappa shape index (κ3) is 12.0. The number of ether oxygens (including phenoxy) is 1. The zero-order valence-electron chi connectivity index (χ0n) is 75.3. The molecule has 0 bridgehead atoms. The summed E-state index contributed by atoms with van der Waals surface area (Å²) in [6.45, 7) is 27.7. The van der Waals surface area contributed by atoms with E-state index in [-0.39, 0.29) is 35.1 Å². The van der Waals surface area contributed by atoms with Crippen LogP contribution in [0.25, 0.3) is 99.8 Å². The molecule has 0 N–H and O–H groups in total. The maximum absolute atomic E-state index is 8.45. The molecule has 6 aliphatic rings. The van der Waals surface area contributed by atoms with Crippen LogP contribution in [-0.2, 0) is 27.1 Å². The Hall–Kier alpha value is -14.5. The highest BCUT2D eigenvalue weighted by Crippen LogP contribution is 2.66. The fraction of sp³-hybridized carbons (Fsp3) is 0.138. The molecule has 4 aliphatic heterocycles. The summed E-state index contributed by atoms with van der Waals surface area (Å²) in [5.41, 5.74) is 45.1. The molecule has 2 aliphatic carbocycles. The molecule has 6 heteroatoms. The van der Waals surface area contributed by atoms with E-state index in [9.17, 15) is 0 Å². The molecular weight excluding hydrogens is 1560 g/mol. The van der Waals surface area contributed by atoms with Gasteiger partial charge >= 0.3 is 0 Å². The van der Waals surface area contributed by atoms with Crippen molar-refractivity contribution < 1.29 is 4.74 Å². The van der Waals surface area contributed by atoms with E-state index in [1.54, 1.807) is 0 Å². The first-order chi connectivity index (χ1) is 62.5. The first kappa shape index (κ1) is 78.1. The number of hydrogen-bond acceptors (Lipinski definition) is 4. The second kappa shape index (κ2) is 28.8. The highest BCUT2D eigenvalue weighted by molar-refractivity contribution is 7.02. The van der Waals surface area contributed by atoms with Crippen LogP contribution in [0.1, 0.15) is 128 Å². The molecule has 0 aromatic heterocycles. The lowest BCUT2D eigenvalue weighted by Gasteiger charge is -2.46. The van der Waals surface area contributed by atoms with Crippen LogP contribution in [0, 0.1) is 0 Å². The van der Waals surface area contributed by atoms with E-state index in [4.69, 9.17) is 4.74 Å². The van der Waals surface area contributed by atoms with Crippen LogP contribution in [0.3, 0.4) is 0 Å². The minimum Gasteiger partial charge on any atom is -0.458 e. The molecule has 0 radical (unpaired) electrons. The van der Waals surface area contributed by atoms with Crippen molar-refractivity contribution in [3.8, 4) is 101 Å². The largest absolute Gasteiger partial charge is 0.458 e. The molecule has 1 spiro atoms. The van der Waals surface area contributed by atoms with Gasteiger partial charge < -0.3 is 19.4 Å². The number of anilines is 9. The van der Waals surface area contributed by atoms with E-state index in [0.717, 1.165) is 140 Å². The van der Waals surface area contributed by atoms with Gasteiger partial charge in [0.15, 0.2) is 0 Å². The van der Waals surface area contributed by atoms with Crippen LogP contribution >= 0.6 is 0 Å². The Labute approximate surface area is 759 Å². The highest BCUT2D eigenvalue weighted by Gasteiger charge is 2.54. The van der Waals surface area contributed by atoms with Crippen LogP contribution in [0.15, 0.2) is 382 Å². The van der Waals surface area contributed by atoms with Gasteiger partial charge in [0, 0.05) is 67.8 Å². The van der Waals surface area contributed by atoms with E-state index in [1.807, 2.05) is 0 Å². The summed E-state index contributed by atoms with van der Waals surface area (Å²) in [6, 6.07) is 147. The number of benzene rings is 18. The van der Waals surface area contributed by atoms with Gasteiger partial charge in [0.1, 0.15) is 11.5 Å². The van der Waals surface area contributed by atoms with Crippen LogP contribution in [-0.4, -0.2) is 13.4 Å². The van der Waals surface area contributed by atoms with Crippen molar-refractivity contribution >= 4 is 108 Å². The third-order valence-electron chi connectivity index (χ3n) is 28.8. The van der Waals surface area contributed by atoms with Gasteiger partial charge in [-0.05, 0) is 244 Å². The monoisotopic (exact) mass is 1660 g/mol. The fourth-order valence-electron chi connectivity index (χ4n) is 22.6. The summed E-state index contributed by atoms with van der Waals surface area (Å²) in [7, 11) is 0. The van der Waals surface area contributed by atoms with Gasteiger partial charge in [-0.15, -0.1) is 0 Å². The highest BCUT2D eigenvalue weighted by atomic mass is 16.5. The Bertz CT molecular complexity index is 7480. The topological polar surface area (TPSA) is 19.0 Å². The van der Waals surface area contributed by atoms with Crippen molar-refractivity contribution in [2.24, 2.45) is 0 Å². The number of rotatable bonds is 9. The Kier molecular flexibility index (Phi) is 17.4. The minimum absolute atomic E-state index is 0.152. The first-order valence-electron chi connectivity index (χ1n) is 46.0. The molecule has 24 rings (SSSR count). The fourth-order valence-corrected chi connectivity index (χ4v) is 22.6. The number of hydrogen-bond donors (Lipinski definition) is 0. The van der Waals surface area contributed by atoms with Gasteiger partial charge in [0.2, 0.25) is 0 Å². The Morgan fingerprint density at radius 3 is 1.12 bits per heavy atom. The predicted octanol–water partition coefficient (Wildman–Crippen LogP) is 28.9. The summed E-state index contributed by atoms with van der Waals surface area (Å²) in [6.07, 6.45) is 0. The van der Waals surface area contributed by atoms with Crippen LogP contribution in [0.5, 0.6) is 11.5 Å². The quantitative estimate of drug-likeness (QED) is 0.134. The molecule has 0 amide bonds. The molecule has 18 aromatic carbocycles. The Morgan fingerprint density at radius 1 is 0.233 bits per heavy atom. The number of nitrogens with zero attached hydrogens (tertiary/aromatic N) is 3. The summed E-state index contributed by atoms with van der Waals surface area (Å²) in [4.78, 5) is 7.99. The average Bonchev–Trinajstić information content (AvgIpc) is 1.56. The maximum atomic E-state index is 8.45. The van der Waals surface area contributed by atoms with E-state index < -0.39 is 5.41 Å². The average molecular weight is 1660 g/mol. The molecule has 18 aromatic rings. The van der Waals surface area contributed by atoms with E-state index >= 15 is 0 Å². The second-order valence-corrected chi connectivity index (χ2v) is 40.6. The van der Waals surface area contributed by atoms with Gasteiger partial charge in [0.25, 0.3) is 13.4 Å². The van der Waals surface area contributed by atoms with E-state index in [0.29, 0.717) is 0 Å².